The highest BCUT2D eigenvalue weighted by atomic mass is 35.5. The van der Waals surface area contributed by atoms with Crippen molar-refractivity contribution in [1.82, 2.24) is 9.55 Å². The number of aryl methyl sites for hydroxylation is 1. The number of halogens is 1. The molecule has 0 amide bonds. The molecule has 1 fully saturated rings. The van der Waals surface area contributed by atoms with Gasteiger partial charge in [0.1, 0.15) is 5.82 Å². The number of fused-ring (bicyclic) bond motifs is 1. The number of rotatable bonds is 3. The van der Waals surface area contributed by atoms with Crippen LogP contribution in [0, 0.1) is 11.3 Å². The summed E-state index contributed by atoms with van der Waals surface area (Å²) in [7, 11) is 0. The third-order valence-corrected chi connectivity index (χ3v) is 4.22. The number of nitriles is 1. The molecule has 2 aromatic rings. The topological polar surface area (TPSA) is 50.8 Å². The second kappa shape index (κ2) is 6.05. The van der Waals surface area contributed by atoms with Gasteiger partial charge in [0, 0.05) is 24.9 Å². The number of nitrogens with zero attached hydrogens (tertiary/aromatic N) is 3. The van der Waals surface area contributed by atoms with Crippen LogP contribution in [-0.4, -0.2) is 28.1 Å². The number of alkyl halides is 1. The Kier molecular flexibility index (Phi) is 4.14. The lowest BCUT2D eigenvalue weighted by molar-refractivity contribution is 0.00625. The first-order chi connectivity index (χ1) is 10.2. The predicted octanol–water partition coefficient (Wildman–Crippen LogP) is 3.43. The van der Waals surface area contributed by atoms with E-state index < -0.39 is 0 Å². The molecule has 5 heteroatoms. The van der Waals surface area contributed by atoms with Crippen molar-refractivity contribution in [3.05, 3.63) is 29.6 Å². The van der Waals surface area contributed by atoms with Gasteiger partial charge in [0.2, 0.25) is 0 Å². The van der Waals surface area contributed by atoms with E-state index in [2.05, 4.69) is 17.6 Å². The van der Waals surface area contributed by atoms with Gasteiger partial charge in [0.15, 0.2) is 0 Å². The van der Waals surface area contributed by atoms with Gasteiger partial charge >= 0.3 is 0 Å². The van der Waals surface area contributed by atoms with E-state index in [1.54, 1.807) is 0 Å². The summed E-state index contributed by atoms with van der Waals surface area (Å²) in [5, 5.41) is 9.13. The van der Waals surface area contributed by atoms with Crippen molar-refractivity contribution in [3.63, 3.8) is 0 Å². The maximum atomic E-state index is 9.13. The van der Waals surface area contributed by atoms with Gasteiger partial charge in [-0.15, -0.1) is 11.6 Å². The van der Waals surface area contributed by atoms with E-state index in [4.69, 9.17) is 26.6 Å². The molecule has 2 heterocycles. The summed E-state index contributed by atoms with van der Waals surface area (Å²) in [5.74, 6) is 1.56. The maximum Gasteiger partial charge on any atom is 0.111 e. The predicted molar refractivity (Wildman–Crippen MR) is 82.6 cm³/mol. The highest BCUT2D eigenvalue weighted by molar-refractivity contribution is 6.17. The van der Waals surface area contributed by atoms with Crippen molar-refractivity contribution >= 4 is 22.6 Å². The number of hydrogen-bond donors (Lipinski definition) is 0. The van der Waals surface area contributed by atoms with Crippen LogP contribution < -0.4 is 0 Å². The standard InChI is InChI=1S/C16H18ClN3O/c1-11-8-13(5-7-21-11)20-15-9-12(10-18)2-3-14(15)19-16(20)4-6-17/h2-3,9,11,13H,4-8H2,1H3. The summed E-state index contributed by atoms with van der Waals surface area (Å²) in [6.45, 7) is 2.87. The lowest BCUT2D eigenvalue weighted by Gasteiger charge is -2.30. The van der Waals surface area contributed by atoms with E-state index in [0.29, 0.717) is 17.5 Å². The molecule has 0 radical (unpaired) electrons. The molecule has 1 aromatic heterocycles. The zero-order valence-electron chi connectivity index (χ0n) is 12.1. The molecule has 110 valence electrons. The SMILES string of the molecule is CC1CC(n2c(CCCl)nc3ccc(C#N)cc32)CCO1. The number of ether oxygens (including phenoxy) is 1. The molecule has 0 aliphatic carbocycles. The first kappa shape index (κ1) is 14.4. The van der Waals surface area contributed by atoms with Gasteiger partial charge in [-0.25, -0.2) is 4.98 Å². The largest absolute Gasteiger partial charge is 0.378 e. The van der Waals surface area contributed by atoms with Crippen molar-refractivity contribution in [2.24, 2.45) is 0 Å². The average molecular weight is 304 g/mol. The zero-order chi connectivity index (χ0) is 14.8. The third kappa shape index (κ3) is 2.76. The maximum absolute atomic E-state index is 9.13. The van der Waals surface area contributed by atoms with E-state index in [1.807, 2.05) is 18.2 Å². The monoisotopic (exact) mass is 303 g/mol. The highest BCUT2D eigenvalue weighted by Crippen LogP contribution is 2.31. The van der Waals surface area contributed by atoms with Gasteiger partial charge in [-0.2, -0.15) is 5.26 Å². The third-order valence-electron chi connectivity index (χ3n) is 4.03. The van der Waals surface area contributed by atoms with Crippen LogP contribution >= 0.6 is 11.6 Å². The van der Waals surface area contributed by atoms with Gasteiger partial charge in [0.25, 0.3) is 0 Å². The Bertz CT molecular complexity index is 689. The summed E-state index contributed by atoms with van der Waals surface area (Å²) in [6, 6.07) is 8.24. The summed E-state index contributed by atoms with van der Waals surface area (Å²) >= 11 is 5.93. The Morgan fingerprint density at radius 2 is 2.38 bits per heavy atom. The minimum atomic E-state index is 0.254. The van der Waals surface area contributed by atoms with Gasteiger partial charge < -0.3 is 9.30 Å². The number of benzene rings is 1. The molecule has 4 nitrogen and oxygen atoms in total. The first-order valence-corrected chi connectivity index (χ1v) is 7.85. The Morgan fingerprint density at radius 1 is 1.52 bits per heavy atom. The molecule has 2 atom stereocenters. The van der Waals surface area contributed by atoms with Crippen LogP contribution in [0.4, 0.5) is 0 Å². The van der Waals surface area contributed by atoms with Crippen LogP contribution in [0.1, 0.15) is 37.2 Å². The second-order valence-corrected chi connectivity index (χ2v) is 5.89. The molecule has 0 saturated carbocycles. The number of imidazole rings is 1. The molecule has 0 bridgehead atoms. The second-order valence-electron chi connectivity index (χ2n) is 5.51. The Hall–Kier alpha value is -1.57. The zero-order valence-corrected chi connectivity index (χ0v) is 12.8. The molecule has 21 heavy (non-hydrogen) atoms. The summed E-state index contributed by atoms with van der Waals surface area (Å²) in [6.07, 6.45) is 2.94. The molecule has 1 aromatic carbocycles. The molecule has 2 unspecified atom stereocenters. The minimum absolute atomic E-state index is 0.254. The molecule has 3 rings (SSSR count). The van der Waals surface area contributed by atoms with Crippen molar-refractivity contribution in [1.29, 1.82) is 5.26 Å². The van der Waals surface area contributed by atoms with Crippen molar-refractivity contribution in [3.8, 4) is 6.07 Å². The van der Waals surface area contributed by atoms with Crippen LogP contribution in [0.2, 0.25) is 0 Å². The smallest absolute Gasteiger partial charge is 0.111 e. The minimum Gasteiger partial charge on any atom is -0.378 e. The van der Waals surface area contributed by atoms with E-state index in [0.717, 1.165) is 42.7 Å². The van der Waals surface area contributed by atoms with Crippen LogP contribution in [0.25, 0.3) is 11.0 Å². The molecule has 0 spiro atoms. The fraction of sp³-hybridized carbons (Fsp3) is 0.500. The van der Waals surface area contributed by atoms with Crippen LogP contribution in [0.5, 0.6) is 0 Å². The number of aromatic nitrogens is 2. The van der Waals surface area contributed by atoms with Crippen LogP contribution in [0.15, 0.2) is 18.2 Å². The molecular weight excluding hydrogens is 286 g/mol. The van der Waals surface area contributed by atoms with Gasteiger partial charge in [-0.1, -0.05) is 0 Å². The lowest BCUT2D eigenvalue weighted by Crippen LogP contribution is -2.26. The molecular formula is C16H18ClN3O. The normalized spacial score (nSPS) is 22.3. The molecule has 0 N–H and O–H groups in total. The van der Waals surface area contributed by atoms with E-state index >= 15 is 0 Å². The Morgan fingerprint density at radius 3 is 3.10 bits per heavy atom. The Labute approximate surface area is 129 Å². The van der Waals surface area contributed by atoms with Crippen molar-refractivity contribution < 1.29 is 4.74 Å². The quantitative estimate of drug-likeness (QED) is 0.816. The van der Waals surface area contributed by atoms with Gasteiger partial charge in [0.05, 0.1) is 28.8 Å². The fourth-order valence-corrected chi connectivity index (χ4v) is 3.26. The molecule has 1 aliphatic heterocycles. The van der Waals surface area contributed by atoms with Gasteiger partial charge in [-0.05, 0) is 38.0 Å². The lowest BCUT2D eigenvalue weighted by atomic mass is 10.0. The summed E-state index contributed by atoms with van der Waals surface area (Å²) < 4.78 is 7.93. The van der Waals surface area contributed by atoms with E-state index in [9.17, 15) is 0 Å². The van der Waals surface area contributed by atoms with E-state index in [1.165, 1.54) is 0 Å². The summed E-state index contributed by atoms with van der Waals surface area (Å²) in [5.41, 5.74) is 2.64. The Balaban J connectivity index is 2.12. The van der Waals surface area contributed by atoms with E-state index in [-0.39, 0.29) is 6.10 Å². The number of hydrogen-bond acceptors (Lipinski definition) is 3. The average Bonchev–Trinajstić information content (AvgIpc) is 2.84. The first-order valence-electron chi connectivity index (χ1n) is 7.31. The van der Waals surface area contributed by atoms with Crippen LogP contribution in [-0.2, 0) is 11.2 Å². The molecule has 1 saturated heterocycles. The molecule has 1 aliphatic rings. The van der Waals surface area contributed by atoms with Crippen molar-refractivity contribution in [2.45, 2.75) is 38.3 Å². The van der Waals surface area contributed by atoms with Crippen molar-refractivity contribution in [2.75, 3.05) is 12.5 Å². The van der Waals surface area contributed by atoms with Crippen LogP contribution in [0.3, 0.4) is 0 Å². The summed E-state index contributed by atoms with van der Waals surface area (Å²) in [4.78, 5) is 4.71. The van der Waals surface area contributed by atoms with Gasteiger partial charge in [-0.3, -0.25) is 0 Å². The fourth-order valence-electron chi connectivity index (χ4n) is 3.09. The highest BCUT2D eigenvalue weighted by Gasteiger charge is 2.24.